The lowest BCUT2D eigenvalue weighted by molar-refractivity contribution is -0.119. The summed E-state index contributed by atoms with van der Waals surface area (Å²) in [4.78, 5) is 15.3. The minimum atomic E-state index is -0.113. The van der Waals surface area contributed by atoms with Gasteiger partial charge in [-0.1, -0.05) is 6.92 Å². The summed E-state index contributed by atoms with van der Waals surface area (Å²) in [5.41, 5.74) is 2.41. The van der Waals surface area contributed by atoms with E-state index in [0.29, 0.717) is 25.7 Å². The van der Waals surface area contributed by atoms with E-state index < -0.39 is 0 Å². The number of carbonyl (C=O) groups excluding carboxylic acids is 1. The highest BCUT2D eigenvalue weighted by atomic mass is 16.5. The molecule has 0 atom stereocenters. The lowest BCUT2D eigenvalue weighted by Gasteiger charge is -2.08. The van der Waals surface area contributed by atoms with Crippen LogP contribution in [0.3, 0.4) is 0 Å². The van der Waals surface area contributed by atoms with Crippen molar-refractivity contribution in [3.05, 3.63) is 0 Å². The molecule has 0 radical (unpaired) electrons. The molecule has 0 aromatic heterocycles. The predicted octanol–water partition coefficient (Wildman–Crippen LogP) is -1.04. The van der Waals surface area contributed by atoms with Crippen molar-refractivity contribution >= 4 is 11.9 Å². The van der Waals surface area contributed by atoms with Crippen LogP contribution in [0.15, 0.2) is 4.99 Å². The van der Waals surface area contributed by atoms with Gasteiger partial charge in [0, 0.05) is 26.8 Å². The van der Waals surface area contributed by atoms with Crippen LogP contribution in [-0.4, -0.2) is 45.2 Å². The van der Waals surface area contributed by atoms with Gasteiger partial charge in [-0.25, -0.2) is 10.8 Å². The van der Waals surface area contributed by atoms with Gasteiger partial charge in [0.15, 0.2) is 0 Å². The second-order valence-electron chi connectivity index (χ2n) is 3.43. The summed E-state index contributed by atoms with van der Waals surface area (Å²) in [6.45, 7) is 4.08. The molecule has 0 spiro atoms. The number of hydrazine groups is 1. The quantitative estimate of drug-likeness (QED) is 0.144. The van der Waals surface area contributed by atoms with Crippen LogP contribution in [0.2, 0.25) is 0 Å². The molecule has 0 saturated heterocycles. The zero-order valence-electron chi connectivity index (χ0n) is 10.6. The van der Waals surface area contributed by atoms with E-state index in [-0.39, 0.29) is 12.5 Å². The average Bonchev–Trinajstić information content (AvgIpc) is 2.35. The first-order valence-corrected chi connectivity index (χ1v) is 5.75. The van der Waals surface area contributed by atoms with Crippen molar-refractivity contribution < 1.29 is 9.53 Å². The van der Waals surface area contributed by atoms with Crippen LogP contribution in [0.25, 0.3) is 0 Å². The van der Waals surface area contributed by atoms with E-state index in [1.165, 1.54) is 0 Å². The molecule has 0 aliphatic carbocycles. The standard InChI is InChI=1S/C10H23N5O2/c1-3-5-12-9(16)8-14-10(15-11)13-6-4-7-17-2/h3-8,11H2,1-2H3,(H,12,16)(H2,13,14,15). The van der Waals surface area contributed by atoms with Gasteiger partial charge in [-0.05, 0) is 12.8 Å². The van der Waals surface area contributed by atoms with Crippen molar-refractivity contribution in [2.24, 2.45) is 10.8 Å². The van der Waals surface area contributed by atoms with Gasteiger partial charge in [-0.3, -0.25) is 10.2 Å². The van der Waals surface area contributed by atoms with Gasteiger partial charge in [-0.15, -0.1) is 0 Å². The number of hydrogen-bond acceptors (Lipinski definition) is 4. The van der Waals surface area contributed by atoms with Crippen molar-refractivity contribution in [2.45, 2.75) is 19.8 Å². The molecule has 0 aliphatic rings. The first-order valence-electron chi connectivity index (χ1n) is 5.75. The van der Waals surface area contributed by atoms with Crippen molar-refractivity contribution in [3.63, 3.8) is 0 Å². The second-order valence-corrected chi connectivity index (χ2v) is 3.43. The smallest absolute Gasteiger partial charge is 0.241 e. The number of amides is 1. The second kappa shape index (κ2) is 11.2. The maximum Gasteiger partial charge on any atom is 0.241 e. The fourth-order valence-electron chi connectivity index (χ4n) is 1.05. The van der Waals surface area contributed by atoms with Gasteiger partial charge in [-0.2, -0.15) is 0 Å². The molecule has 0 heterocycles. The van der Waals surface area contributed by atoms with Crippen LogP contribution >= 0.6 is 0 Å². The van der Waals surface area contributed by atoms with Crippen LogP contribution in [0.5, 0.6) is 0 Å². The first kappa shape index (κ1) is 15.7. The summed E-state index contributed by atoms with van der Waals surface area (Å²) in [6.07, 6.45) is 1.76. The van der Waals surface area contributed by atoms with Crippen molar-refractivity contribution in [1.82, 2.24) is 16.1 Å². The summed E-state index contributed by atoms with van der Waals surface area (Å²) < 4.78 is 4.90. The number of carbonyl (C=O) groups is 1. The zero-order valence-corrected chi connectivity index (χ0v) is 10.6. The van der Waals surface area contributed by atoms with Crippen LogP contribution in [0.4, 0.5) is 0 Å². The SMILES string of the molecule is CCCNC(=O)CN=C(NN)NCCCOC. The van der Waals surface area contributed by atoms with Crippen LogP contribution < -0.4 is 21.9 Å². The third-order valence-corrected chi connectivity index (χ3v) is 1.91. The Morgan fingerprint density at radius 3 is 2.71 bits per heavy atom. The topological polar surface area (TPSA) is 101 Å². The third kappa shape index (κ3) is 9.58. The number of guanidine groups is 1. The molecular formula is C10H23N5O2. The molecular weight excluding hydrogens is 222 g/mol. The summed E-state index contributed by atoms with van der Waals surface area (Å²) in [7, 11) is 1.65. The van der Waals surface area contributed by atoms with Crippen molar-refractivity contribution in [1.29, 1.82) is 0 Å². The minimum Gasteiger partial charge on any atom is -0.385 e. The minimum absolute atomic E-state index is 0.0663. The third-order valence-electron chi connectivity index (χ3n) is 1.91. The molecule has 0 aliphatic heterocycles. The van der Waals surface area contributed by atoms with E-state index in [2.05, 4.69) is 21.1 Å². The number of ether oxygens (including phenoxy) is 1. The molecule has 7 nitrogen and oxygen atoms in total. The summed E-state index contributed by atoms with van der Waals surface area (Å²) in [6, 6.07) is 0. The van der Waals surface area contributed by atoms with Crippen LogP contribution in [0.1, 0.15) is 19.8 Å². The molecule has 7 heteroatoms. The monoisotopic (exact) mass is 245 g/mol. The van der Waals surface area contributed by atoms with E-state index in [0.717, 1.165) is 12.8 Å². The number of hydrogen-bond donors (Lipinski definition) is 4. The van der Waals surface area contributed by atoms with Gasteiger partial charge in [0.1, 0.15) is 6.54 Å². The fourth-order valence-corrected chi connectivity index (χ4v) is 1.05. The number of nitrogens with two attached hydrogens (primary N) is 1. The van der Waals surface area contributed by atoms with Gasteiger partial charge in [0.25, 0.3) is 0 Å². The van der Waals surface area contributed by atoms with E-state index in [4.69, 9.17) is 10.6 Å². The highest BCUT2D eigenvalue weighted by Gasteiger charge is 2.00. The maximum absolute atomic E-state index is 11.3. The van der Waals surface area contributed by atoms with E-state index in [1.807, 2.05) is 6.92 Å². The van der Waals surface area contributed by atoms with Gasteiger partial charge >= 0.3 is 0 Å². The molecule has 0 rings (SSSR count). The molecule has 17 heavy (non-hydrogen) atoms. The van der Waals surface area contributed by atoms with Crippen molar-refractivity contribution in [2.75, 3.05) is 33.4 Å². The molecule has 1 amide bonds. The Labute approximate surface area is 102 Å². The Morgan fingerprint density at radius 2 is 2.12 bits per heavy atom. The molecule has 0 unspecified atom stereocenters. The zero-order chi connectivity index (χ0) is 12.9. The number of nitrogens with one attached hydrogen (secondary N) is 3. The lowest BCUT2D eigenvalue weighted by Crippen LogP contribution is -2.43. The van der Waals surface area contributed by atoms with E-state index in [9.17, 15) is 4.79 Å². The Morgan fingerprint density at radius 1 is 1.35 bits per heavy atom. The Balaban J connectivity index is 3.79. The van der Waals surface area contributed by atoms with Crippen molar-refractivity contribution in [3.8, 4) is 0 Å². The predicted molar refractivity (Wildman–Crippen MR) is 67.4 cm³/mol. The van der Waals surface area contributed by atoms with Gasteiger partial charge < -0.3 is 15.4 Å². The summed E-state index contributed by atoms with van der Waals surface area (Å²) in [5, 5.41) is 5.70. The largest absolute Gasteiger partial charge is 0.385 e. The Kier molecular flexibility index (Phi) is 10.3. The first-order chi connectivity index (χ1) is 8.24. The molecule has 100 valence electrons. The number of rotatable bonds is 8. The molecule has 5 N–H and O–H groups in total. The number of methoxy groups -OCH3 is 1. The Hall–Kier alpha value is -1.34. The lowest BCUT2D eigenvalue weighted by atomic mass is 10.4. The fraction of sp³-hybridized carbons (Fsp3) is 0.800. The van der Waals surface area contributed by atoms with Gasteiger partial charge in [0.05, 0.1) is 0 Å². The number of aliphatic imine (C=N–C) groups is 1. The molecule has 0 fully saturated rings. The molecule has 0 aromatic rings. The summed E-state index contributed by atoms with van der Waals surface area (Å²) >= 11 is 0. The van der Waals surface area contributed by atoms with Gasteiger partial charge in [0.2, 0.25) is 11.9 Å². The van der Waals surface area contributed by atoms with Crippen LogP contribution in [-0.2, 0) is 9.53 Å². The highest BCUT2D eigenvalue weighted by molar-refractivity contribution is 5.84. The van der Waals surface area contributed by atoms with E-state index in [1.54, 1.807) is 7.11 Å². The molecule has 0 aromatic carbocycles. The average molecular weight is 245 g/mol. The summed E-state index contributed by atoms with van der Waals surface area (Å²) in [5.74, 6) is 5.56. The maximum atomic E-state index is 11.3. The van der Waals surface area contributed by atoms with E-state index >= 15 is 0 Å². The van der Waals surface area contributed by atoms with Crippen LogP contribution in [0, 0.1) is 0 Å². The highest BCUT2D eigenvalue weighted by Crippen LogP contribution is 1.79. The normalized spacial score (nSPS) is 11.1. The number of nitrogens with zero attached hydrogens (tertiary/aromatic N) is 1. The molecule has 0 bridgehead atoms. The Bertz CT molecular complexity index is 233. The molecule has 0 saturated carbocycles.